The summed E-state index contributed by atoms with van der Waals surface area (Å²) in [5, 5.41) is 6.13. The van der Waals surface area contributed by atoms with Crippen molar-refractivity contribution in [1.82, 2.24) is 10.6 Å². The van der Waals surface area contributed by atoms with Crippen LogP contribution >= 0.6 is 0 Å². The lowest BCUT2D eigenvalue weighted by molar-refractivity contribution is -0.122. The summed E-state index contributed by atoms with van der Waals surface area (Å²) in [6.07, 6.45) is 4.28. The molecule has 1 atom stereocenters. The lowest BCUT2D eigenvalue weighted by Crippen LogP contribution is -2.44. The molecular weight excluding hydrogens is 200 g/mol. The smallest absolute Gasteiger partial charge is 0.237 e. The Morgan fingerprint density at radius 3 is 2.50 bits per heavy atom. The topological polar surface area (TPSA) is 41.1 Å². The van der Waals surface area contributed by atoms with Gasteiger partial charge in [0, 0.05) is 13.1 Å². The zero-order chi connectivity index (χ0) is 12.2. The number of rotatable bonds is 7. The minimum Gasteiger partial charge on any atom is -0.351 e. The summed E-state index contributed by atoms with van der Waals surface area (Å²) in [4.78, 5) is 11.6. The van der Waals surface area contributed by atoms with Crippen molar-refractivity contribution < 1.29 is 4.79 Å². The van der Waals surface area contributed by atoms with Crippen molar-refractivity contribution in [3.8, 4) is 0 Å². The highest BCUT2D eigenvalue weighted by Gasteiger charge is 2.45. The summed E-state index contributed by atoms with van der Waals surface area (Å²) < 4.78 is 0. The summed E-state index contributed by atoms with van der Waals surface area (Å²) in [7, 11) is 0. The second kappa shape index (κ2) is 5.48. The summed E-state index contributed by atoms with van der Waals surface area (Å²) in [6, 6.07) is -0.115. The highest BCUT2D eigenvalue weighted by atomic mass is 16.2. The predicted molar refractivity (Wildman–Crippen MR) is 67.2 cm³/mol. The van der Waals surface area contributed by atoms with Crippen molar-refractivity contribution in [2.45, 2.75) is 39.7 Å². The third-order valence-corrected chi connectivity index (χ3v) is 3.69. The number of carbonyl (C=O) groups is 1. The average Bonchev–Trinajstić information content (AvgIpc) is 3.03. The van der Waals surface area contributed by atoms with Gasteiger partial charge in [-0.2, -0.15) is 0 Å². The molecule has 0 saturated heterocycles. The molecule has 1 rings (SSSR count). The molecule has 92 valence electrons. The second-order valence-corrected chi connectivity index (χ2v) is 5.15. The maximum absolute atomic E-state index is 11.6. The van der Waals surface area contributed by atoms with Gasteiger partial charge in [0.2, 0.25) is 5.91 Å². The van der Waals surface area contributed by atoms with Gasteiger partial charge in [0.15, 0.2) is 0 Å². The highest BCUT2D eigenvalue weighted by Crippen LogP contribution is 2.51. The lowest BCUT2D eigenvalue weighted by atomic mass is 9.92. The molecule has 1 unspecified atom stereocenters. The number of nitrogens with one attached hydrogen (secondary N) is 2. The number of carbonyl (C=O) groups excluding carboxylic acids is 1. The fraction of sp³-hybridized carbons (Fsp3) is 0.769. The van der Waals surface area contributed by atoms with Gasteiger partial charge in [-0.15, -0.1) is 6.58 Å². The van der Waals surface area contributed by atoms with Crippen LogP contribution in [0.3, 0.4) is 0 Å². The molecule has 0 aromatic carbocycles. The maximum atomic E-state index is 11.6. The van der Waals surface area contributed by atoms with Crippen LogP contribution in [0.5, 0.6) is 0 Å². The third kappa shape index (κ3) is 3.34. The quantitative estimate of drug-likeness (QED) is 0.646. The highest BCUT2D eigenvalue weighted by molar-refractivity contribution is 5.81. The fourth-order valence-electron chi connectivity index (χ4n) is 1.89. The van der Waals surface area contributed by atoms with E-state index in [0.717, 1.165) is 6.54 Å². The minimum absolute atomic E-state index is 0.0551. The van der Waals surface area contributed by atoms with E-state index < -0.39 is 0 Å². The Morgan fingerprint density at radius 2 is 2.06 bits per heavy atom. The van der Waals surface area contributed by atoms with Crippen LogP contribution in [0.4, 0.5) is 0 Å². The minimum atomic E-state index is -0.115. The maximum Gasteiger partial charge on any atom is 0.237 e. The van der Waals surface area contributed by atoms with Crippen LogP contribution in [0.1, 0.15) is 33.6 Å². The Bertz CT molecular complexity index is 257. The van der Waals surface area contributed by atoms with Crippen LogP contribution in [0.15, 0.2) is 12.7 Å². The largest absolute Gasteiger partial charge is 0.351 e. The molecule has 1 fully saturated rings. The summed E-state index contributed by atoms with van der Waals surface area (Å²) in [5.74, 6) is 0.753. The van der Waals surface area contributed by atoms with Crippen LogP contribution in [0.2, 0.25) is 0 Å². The fourth-order valence-corrected chi connectivity index (χ4v) is 1.89. The van der Waals surface area contributed by atoms with Gasteiger partial charge < -0.3 is 10.6 Å². The standard InChI is InChI=1S/C13H24N2O/c1-5-8-14-12(16)11(4)15-9-13(6-7-13)10(2)3/h5,10-11,15H,1,6-9H2,2-4H3,(H,14,16). The van der Waals surface area contributed by atoms with Gasteiger partial charge in [-0.3, -0.25) is 4.79 Å². The van der Waals surface area contributed by atoms with Gasteiger partial charge in [-0.05, 0) is 31.1 Å². The lowest BCUT2D eigenvalue weighted by Gasteiger charge is -2.22. The molecule has 0 spiro atoms. The van der Waals surface area contributed by atoms with Gasteiger partial charge in [0.1, 0.15) is 0 Å². The molecule has 0 radical (unpaired) electrons. The van der Waals surface area contributed by atoms with Crippen LogP contribution in [-0.4, -0.2) is 25.0 Å². The first-order valence-electron chi connectivity index (χ1n) is 6.14. The van der Waals surface area contributed by atoms with Gasteiger partial charge in [0.05, 0.1) is 6.04 Å². The van der Waals surface area contributed by atoms with Crippen molar-refractivity contribution in [3.63, 3.8) is 0 Å². The summed E-state index contributed by atoms with van der Waals surface area (Å²) in [5.41, 5.74) is 0.451. The van der Waals surface area contributed by atoms with Gasteiger partial charge >= 0.3 is 0 Å². The zero-order valence-corrected chi connectivity index (χ0v) is 10.7. The van der Waals surface area contributed by atoms with E-state index in [-0.39, 0.29) is 11.9 Å². The first-order chi connectivity index (χ1) is 7.52. The summed E-state index contributed by atoms with van der Waals surface area (Å²) in [6.45, 7) is 11.5. The third-order valence-electron chi connectivity index (χ3n) is 3.69. The van der Waals surface area contributed by atoms with Gasteiger partial charge in [0.25, 0.3) is 0 Å². The molecule has 0 bridgehead atoms. The summed E-state index contributed by atoms with van der Waals surface area (Å²) >= 11 is 0. The van der Waals surface area contributed by atoms with Crippen molar-refractivity contribution in [2.75, 3.05) is 13.1 Å². The molecule has 1 aliphatic carbocycles. The Labute approximate surface area is 98.7 Å². The predicted octanol–water partition coefficient (Wildman–Crippen LogP) is 1.70. The molecule has 2 N–H and O–H groups in total. The molecule has 3 nitrogen and oxygen atoms in total. The molecule has 16 heavy (non-hydrogen) atoms. The van der Waals surface area contributed by atoms with Crippen molar-refractivity contribution in [3.05, 3.63) is 12.7 Å². The molecule has 1 amide bonds. The first kappa shape index (κ1) is 13.2. The molecule has 3 heteroatoms. The van der Waals surface area contributed by atoms with E-state index in [1.165, 1.54) is 12.8 Å². The van der Waals surface area contributed by atoms with E-state index in [9.17, 15) is 4.79 Å². The SMILES string of the molecule is C=CCNC(=O)C(C)NCC1(C(C)C)CC1. The number of amides is 1. The Balaban J connectivity index is 2.27. The van der Waals surface area contributed by atoms with Crippen LogP contribution in [0.25, 0.3) is 0 Å². The van der Waals surface area contributed by atoms with E-state index in [1.807, 2.05) is 6.92 Å². The van der Waals surface area contributed by atoms with E-state index in [0.29, 0.717) is 17.9 Å². The van der Waals surface area contributed by atoms with E-state index in [1.54, 1.807) is 6.08 Å². The molecule has 1 saturated carbocycles. The first-order valence-corrected chi connectivity index (χ1v) is 6.14. The van der Waals surface area contributed by atoms with Crippen molar-refractivity contribution in [2.24, 2.45) is 11.3 Å². The number of hydrogen-bond donors (Lipinski definition) is 2. The second-order valence-electron chi connectivity index (χ2n) is 5.15. The Morgan fingerprint density at radius 1 is 1.44 bits per heavy atom. The van der Waals surface area contributed by atoms with E-state index in [4.69, 9.17) is 0 Å². The normalized spacial score (nSPS) is 19.2. The molecule has 0 aromatic heterocycles. The van der Waals surface area contributed by atoms with Gasteiger partial charge in [-0.1, -0.05) is 19.9 Å². The van der Waals surface area contributed by atoms with Crippen LogP contribution in [0, 0.1) is 11.3 Å². The molecule has 1 aliphatic rings. The molecule has 0 aliphatic heterocycles. The van der Waals surface area contributed by atoms with Crippen molar-refractivity contribution in [1.29, 1.82) is 0 Å². The van der Waals surface area contributed by atoms with E-state index in [2.05, 4.69) is 31.1 Å². The number of hydrogen-bond acceptors (Lipinski definition) is 2. The molecule has 0 heterocycles. The molecule has 0 aromatic rings. The van der Waals surface area contributed by atoms with Gasteiger partial charge in [-0.25, -0.2) is 0 Å². The van der Waals surface area contributed by atoms with E-state index >= 15 is 0 Å². The Hall–Kier alpha value is -0.830. The monoisotopic (exact) mass is 224 g/mol. The zero-order valence-electron chi connectivity index (χ0n) is 10.7. The molecular formula is C13H24N2O. The average molecular weight is 224 g/mol. The van der Waals surface area contributed by atoms with Crippen molar-refractivity contribution >= 4 is 5.91 Å². The van der Waals surface area contributed by atoms with Crippen LogP contribution in [-0.2, 0) is 4.79 Å². The Kier molecular flexibility index (Phi) is 4.54. The van der Waals surface area contributed by atoms with Crippen LogP contribution < -0.4 is 10.6 Å².